The summed E-state index contributed by atoms with van der Waals surface area (Å²) in [7, 11) is 0. The molecule has 0 saturated heterocycles. The van der Waals surface area contributed by atoms with Gasteiger partial charge >= 0.3 is 0 Å². The number of para-hydroxylation sites is 1. The van der Waals surface area contributed by atoms with Crippen LogP contribution in [0, 0.1) is 0 Å². The van der Waals surface area contributed by atoms with Gasteiger partial charge in [0.25, 0.3) is 0 Å². The molecule has 21 heavy (non-hydrogen) atoms. The maximum absolute atomic E-state index is 5.98. The smallest absolute Gasteiger partial charge is 0.119 e. The van der Waals surface area contributed by atoms with Crippen LogP contribution in [0.2, 0.25) is 0 Å². The number of rotatable bonds is 8. The Bertz CT molecular complexity index is 511. The minimum atomic E-state index is 0.110. The predicted molar refractivity (Wildman–Crippen MR) is 85.7 cm³/mol. The summed E-state index contributed by atoms with van der Waals surface area (Å²) in [6.07, 6.45) is 1.79. The lowest BCUT2D eigenvalue weighted by molar-refractivity contribution is 0.247. The van der Waals surface area contributed by atoms with E-state index in [1.807, 2.05) is 54.6 Å². The van der Waals surface area contributed by atoms with Gasteiger partial charge in [-0.3, -0.25) is 0 Å². The van der Waals surface area contributed by atoms with E-state index in [4.69, 9.17) is 15.2 Å². The van der Waals surface area contributed by atoms with E-state index < -0.39 is 0 Å². The molecular formula is C18H23NO2. The number of hydrogen-bond acceptors (Lipinski definition) is 3. The zero-order valence-corrected chi connectivity index (χ0v) is 12.5. The summed E-state index contributed by atoms with van der Waals surface area (Å²) in [5, 5.41) is 0. The third-order valence-electron chi connectivity index (χ3n) is 3.32. The predicted octanol–water partition coefficient (Wildman–Crippen LogP) is 3.94. The fourth-order valence-electron chi connectivity index (χ4n) is 2.00. The van der Waals surface area contributed by atoms with Crippen molar-refractivity contribution < 1.29 is 9.47 Å². The topological polar surface area (TPSA) is 44.5 Å². The quantitative estimate of drug-likeness (QED) is 0.747. The van der Waals surface area contributed by atoms with E-state index in [2.05, 4.69) is 6.92 Å². The van der Waals surface area contributed by atoms with E-state index in [0.717, 1.165) is 29.9 Å². The van der Waals surface area contributed by atoms with Crippen LogP contribution in [0.3, 0.4) is 0 Å². The van der Waals surface area contributed by atoms with E-state index in [1.54, 1.807) is 0 Å². The van der Waals surface area contributed by atoms with Crippen LogP contribution in [0.4, 0.5) is 0 Å². The third kappa shape index (κ3) is 5.12. The van der Waals surface area contributed by atoms with Crippen molar-refractivity contribution >= 4 is 0 Å². The number of ether oxygens (including phenoxy) is 2. The first-order valence-electron chi connectivity index (χ1n) is 7.46. The molecule has 0 aliphatic heterocycles. The summed E-state index contributed by atoms with van der Waals surface area (Å²) in [6, 6.07) is 17.9. The molecule has 0 aromatic heterocycles. The van der Waals surface area contributed by atoms with Crippen molar-refractivity contribution in [2.75, 3.05) is 13.2 Å². The lowest BCUT2D eigenvalue weighted by Crippen LogP contribution is -2.08. The zero-order chi connectivity index (χ0) is 14.9. The monoisotopic (exact) mass is 285 g/mol. The van der Waals surface area contributed by atoms with Gasteiger partial charge in [0.1, 0.15) is 11.5 Å². The lowest BCUT2D eigenvalue weighted by atomic mass is 10.1. The molecule has 0 aliphatic rings. The molecular weight excluding hydrogens is 262 g/mol. The van der Waals surface area contributed by atoms with Crippen LogP contribution in [0.15, 0.2) is 54.6 Å². The van der Waals surface area contributed by atoms with E-state index in [1.165, 1.54) is 0 Å². The average Bonchev–Trinajstić information content (AvgIpc) is 2.55. The van der Waals surface area contributed by atoms with Crippen molar-refractivity contribution in [2.24, 2.45) is 5.73 Å². The molecule has 0 bridgehead atoms. The van der Waals surface area contributed by atoms with Gasteiger partial charge in [-0.05, 0) is 36.2 Å². The average molecular weight is 285 g/mol. The Balaban J connectivity index is 1.67. The Labute approximate surface area is 126 Å². The van der Waals surface area contributed by atoms with Gasteiger partial charge in [-0.15, -0.1) is 0 Å². The van der Waals surface area contributed by atoms with Crippen molar-refractivity contribution in [3.63, 3.8) is 0 Å². The van der Waals surface area contributed by atoms with Crippen molar-refractivity contribution in [3.8, 4) is 11.5 Å². The normalized spacial score (nSPS) is 11.9. The molecule has 2 aromatic carbocycles. The van der Waals surface area contributed by atoms with Crippen molar-refractivity contribution in [1.29, 1.82) is 0 Å². The molecule has 0 amide bonds. The maximum atomic E-state index is 5.98. The Morgan fingerprint density at radius 1 is 0.857 bits per heavy atom. The van der Waals surface area contributed by atoms with Crippen LogP contribution < -0.4 is 15.2 Å². The van der Waals surface area contributed by atoms with Crippen molar-refractivity contribution in [2.45, 2.75) is 25.8 Å². The summed E-state index contributed by atoms with van der Waals surface area (Å²) >= 11 is 0. The van der Waals surface area contributed by atoms with E-state index in [9.17, 15) is 0 Å². The highest BCUT2D eigenvalue weighted by molar-refractivity contribution is 5.29. The van der Waals surface area contributed by atoms with Gasteiger partial charge in [0.05, 0.1) is 13.2 Å². The molecule has 2 aromatic rings. The van der Waals surface area contributed by atoms with Gasteiger partial charge in [0, 0.05) is 12.5 Å². The van der Waals surface area contributed by atoms with Crippen molar-refractivity contribution in [1.82, 2.24) is 0 Å². The molecule has 2 N–H and O–H groups in total. The Kier molecular flexibility index (Phi) is 6.10. The van der Waals surface area contributed by atoms with E-state index in [-0.39, 0.29) is 6.04 Å². The van der Waals surface area contributed by atoms with Gasteiger partial charge in [0.15, 0.2) is 0 Å². The summed E-state index contributed by atoms with van der Waals surface area (Å²) in [4.78, 5) is 0. The SMILES string of the molecule is CC[C@H](N)c1ccc(OCCCOc2ccccc2)cc1. The number of nitrogens with two attached hydrogens (primary N) is 1. The zero-order valence-electron chi connectivity index (χ0n) is 12.5. The maximum Gasteiger partial charge on any atom is 0.119 e. The molecule has 3 nitrogen and oxygen atoms in total. The van der Waals surface area contributed by atoms with Gasteiger partial charge < -0.3 is 15.2 Å². The second-order valence-electron chi connectivity index (χ2n) is 4.95. The molecule has 2 rings (SSSR count). The molecule has 0 unspecified atom stereocenters. The Morgan fingerprint density at radius 2 is 1.43 bits per heavy atom. The standard InChI is InChI=1S/C18H23NO2/c1-2-18(19)15-9-11-17(12-10-15)21-14-6-13-20-16-7-4-3-5-8-16/h3-5,7-12,18H,2,6,13-14,19H2,1H3/t18-/m0/s1. The van der Waals surface area contributed by atoms with Crippen LogP contribution >= 0.6 is 0 Å². The number of hydrogen-bond donors (Lipinski definition) is 1. The Hall–Kier alpha value is -2.00. The fourth-order valence-corrected chi connectivity index (χ4v) is 2.00. The molecule has 0 fully saturated rings. The molecule has 1 atom stereocenters. The molecule has 0 saturated carbocycles. The highest BCUT2D eigenvalue weighted by Gasteiger charge is 2.02. The first kappa shape index (κ1) is 15.4. The minimum absolute atomic E-state index is 0.110. The number of benzene rings is 2. The van der Waals surface area contributed by atoms with Gasteiger partial charge in [-0.2, -0.15) is 0 Å². The summed E-state index contributed by atoms with van der Waals surface area (Å²) in [5.74, 6) is 1.78. The van der Waals surface area contributed by atoms with Crippen LogP contribution in [-0.4, -0.2) is 13.2 Å². The summed E-state index contributed by atoms with van der Waals surface area (Å²) in [6.45, 7) is 3.39. The van der Waals surface area contributed by atoms with Crippen LogP contribution in [0.5, 0.6) is 11.5 Å². The highest BCUT2D eigenvalue weighted by Crippen LogP contribution is 2.18. The summed E-state index contributed by atoms with van der Waals surface area (Å²) in [5.41, 5.74) is 7.13. The lowest BCUT2D eigenvalue weighted by Gasteiger charge is -2.11. The third-order valence-corrected chi connectivity index (χ3v) is 3.32. The van der Waals surface area contributed by atoms with Gasteiger partial charge in [-0.25, -0.2) is 0 Å². The van der Waals surface area contributed by atoms with E-state index in [0.29, 0.717) is 13.2 Å². The Morgan fingerprint density at radius 3 is 2.00 bits per heavy atom. The molecule has 0 heterocycles. The second-order valence-corrected chi connectivity index (χ2v) is 4.95. The molecule has 0 radical (unpaired) electrons. The van der Waals surface area contributed by atoms with Crippen LogP contribution in [0.25, 0.3) is 0 Å². The highest BCUT2D eigenvalue weighted by atomic mass is 16.5. The molecule has 112 valence electrons. The van der Waals surface area contributed by atoms with Crippen LogP contribution in [0.1, 0.15) is 31.4 Å². The van der Waals surface area contributed by atoms with Gasteiger partial charge in [-0.1, -0.05) is 37.3 Å². The largest absolute Gasteiger partial charge is 0.493 e. The van der Waals surface area contributed by atoms with Crippen LogP contribution in [-0.2, 0) is 0 Å². The van der Waals surface area contributed by atoms with Gasteiger partial charge in [0.2, 0.25) is 0 Å². The molecule has 0 aliphatic carbocycles. The first-order chi connectivity index (χ1) is 10.3. The second kappa shape index (κ2) is 8.32. The fraction of sp³-hybridized carbons (Fsp3) is 0.333. The summed E-state index contributed by atoms with van der Waals surface area (Å²) < 4.78 is 11.3. The first-order valence-corrected chi connectivity index (χ1v) is 7.46. The van der Waals surface area contributed by atoms with Crippen molar-refractivity contribution in [3.05, 3.63) is 60.2 Å². The minimum Gasteiger partial charge on any atom is -0.493 e. The molecule has 3 heteroatoms. The van der Waals surface area contributed by atoms with E-state index >= 15 is 0 Å². The molecule has 0 spiro atoms.